The average molecular weight is 394 g/mol. The Morgan fingerprint density at radius 1 is 1.00 bits per heavy atom. The predicted molar refractivity (Wildman–Crippen MR) is 106 cm³/mol. The van der Waals surface area contributed by atoms with Gasteiger partial charge < -0.3 is 4.90 Å². The lowest BCUT2D eigenvalue weighted by Gasteiger charge is -2.45. The molecule has 2 aliphatic heterocycles. The van der Waals surface area contributed by atoms with E-state index in [0.717, 1.165) is 25.9 Å². The topological polar surface area (TPSA) is 60.9 Å². The van der Waals surface area contributed by atoms with Crippen molar-refractivity contribution in [2.24, 2.45) is 5.92 Å². The summed E-state index contributed by atoms with van der Waals surface area (Å²) in [6.45, 7) is 7.36. The zero-order valence-electron chi connectivity index (χ0n) is 16.4. The van der Waals surface area contributed by atoms with Gasteiger partial charge in [0.2, 0.25) is 15.9 Å². The number of carbonyl (C=O) groups excluding carboxylic acids is 1. The molecule has 1 amide bonds. The van der Waals surface area contributed by atoms with E-state index in [-0.39, 0.29) is 11.8 Å². The number of benzene rings is 1. The van der Waals surface area contributed by atoms with Crippen molar-refractivity contribution >= 4 is 15.9 Å². The Labute approximate surface area is 163 Å². The molecule has 0 spiro atoms. The summed E-state index contributed by atoms with van der Waals surface area (Å²) in [7, 11) is -3.63. The fraction of sp³-hybridized carbons (Fsp3) is 0.650. The number of likely N-dealkylation sites (tertiary alicyclic amines) is 1. The highest BCUT2D eigenvalue weighted by molar-refractivity contribution is 7.89. The monoisotopic (exact) mass is 393 g/mol. The maximum absolute atomic E-state index is 13.2. The molecule has 0 aromatic heterocycles. The fourth-order valence-electron chi connectivity index (χ4n) is 4.17. The lowest BCUT2D eigenvalue weighted by molar-refractivity contribution is -0.141. The van der Waals surface area contributed by atoms with Crippen LogP contribution < -0.4 is 0 Å². The first-order valence-electron chi connectivity index (χ1n) is 10.00. The normalized spacial score (nSPS) is 22.9. The molecule has 1 atom stereocenters. The maximum atomic E-state index is 13.2. The minimum absolute atomic E-state index is 0.0223. The lowest BCUT2D eigenvalue weighted by atomic mass is 10.1. The van der Waals surface area contributed by atoms with E-state index in [2.05, 4.69) is 4.90 Å². The number of nitrogens with zero attached hydrogens (tertiary/aromatic N) is 3. The zero-order chi connectivity index (χ0) is 19.4. The third kappa shape index (κ3) is 4.52. The van der Waals surface area contributed by atoms with Crippen LogP contribution in [0, 0.1) is 5.92 Å². The van der Waals surface area contributed by atoms with Crippen LogP contribution in [-0.2, 0) is 14.8 Å². The van der Waals surface area contributed by atoms with Crippen molar-refractivity contribution < 1.29 is 13.2 Å². The van der Waals surface area contributed by atoms with Gasteiger partial charge in [0, 0.05) is 13.1 Å². The fourth-order valence-corrected chi connectivity index (χ4v) is 5.95. The molecule has 2 heterocycles. The second-order valence-corrected chi connectivity index (χ2v) is 9.75. The lowest BCUT2D eigenvalue weighted by Crippen LogP contribution is -2.61. The first kappa shape index (κ1) is 20.3. The summed E-state index contributed by atoms with van der Waals surface area (Å²) in [6, 6.07) is 8.53. The number of hydrogen-bond acceptors (Lipinski definition) is 4. The van der Waals surface area contributed by atoms with Crippen molar-refractivity contribution in [2.45, 2.75) is 50.6 Å². The molecule has 3 rings (SSSR count). The van der Waals surface area contributed by atoms with E-state index < -0.39 is 16.2 Å². The van der Waals surface area contributed by atoms with Crippen LogP contribution in [0.3, 0.4) is 0 Å². The molecule has 0 aliphatic carbocycles. The Morgan fingerprint density at radius 3 is 2.30 bits per heavy atom. The van der Waals surface area contributed by atoms with Crippen molar-refractivity contribution in [3.05, 3.63) is 30.3 Å². The van der Waals surface area contributed by atoms with E-state index in [1.165, 1.54) is 10.7 Å². The molecule has 0 N–H and O–H groups in total. The third-order valence-corrected chi connectivity index (χ3v) is 7.35. The van der Waals surface area contributed by atoms with E-state index in [1.807, 2.05) is 19.9 Å². The molecule has 150 valence electrons. The van der Waals surface area contributed by atoms with Crippen molar-refractivity contribution in [1.82, 2.24) is 14.1 Å². The van der Waals surface area contributed by atoms with E-state index >= 15 is 0 Å². The average Bonchev–Trinajstić information content (AvgIpc) is 2.68. The minimum Gasteiger partial charge on any atom is -0.325 e. The van der Waals surface area contributed by atoms with Crippen LogP contribution in [-0.4, -0.2) is 67.3 Å². The quantitative estimate of drug-likeness (QED) is 0.771. The van der Waals surface area contributed by atoms with Gasteiger partial charge in [0.05, 0.1) is 11.4 Å². The van der Waals surface area contributed by atoms with Gasteiger partial charge in [0.15, 0.2) is 0 Å². The molecule has 7 heteroatoms. The highest BCUT2D eigenvalue weighted by atomic mass is 32.2. The molecule has 1 aromatic rings. The van der Waals surface area contributed by atoms with E-state index in [4.69, 9.17) is 0 Å². The summed E-state index contributed by atoms with van der Waals surface area (Å²) in [4.78, 5) is 17.3. The minimum atomic E-state index is -3.63. The van der Waals surface area contributed by atoms with Gasteiger partial charge in [-0.15, -0.1) is 0 Å². The van der Waals surface area contributed by atoms with Crippen molar-refractivity contribution in [2.75, 3.05) is 32.7 Å². The smallest absolute Gasteiger partial charge is 0.244 e. The molecule has 1 unspecified atom stereocenters. The SMILES string of the molecule is CC(C)C1N(C(=O)CN2CCCCC2)CCCN1S(=O)(=O)c1ccccc1. The molecule has 0 bridgehead atoms. The van der Waals surface area contributed by atoms with Crippen molar-refractivity contribution in [1.29, 1.82) is 0 Å². The second-order valence-electron chi connectivity index (χ2n) is 7.86. The summed E-state index contributed by atoms with van der Waals surface area (Å²) in [5.74, 6) is 0.0673. The molecular weight excluding hydrogens is 362 g/mol. The number of amides is 1. The van der Waals surface area contributed by atoms with Crippen molar-refractivity contribution in [3.8, 4) is 0 Å². The van der Waals surface area contributed by atoms with Crippen LogP contribution in [0.5, 0.6) is 0 Å². The highest BCUT2D eigenvalue weighted by Crippen LogP contribution is 2.28. The molecular formula is C20H31N3O3S. The molecule has 2 fully saturated rings. The van der Waals surface area contributed by atoms with Gasteiger partial charge in [-0.3, -0.25) is 9.69 Å². The van der Waals surface area contributed by atoms with Crippen LogP contribution in [0.1, 0.15) is 39.5 Å². The number of sulfonamides is 1. The Balaban J connectivity index is 1.82. The van der Waals surface area contributed by atoms with Gasteiger partial charge in [-0.25, -0.2) is 8.42 Å². The van der Waals surface area contributed by atoms with Gasteiger partial charge in [0.25, 0.3) is 0 Å². The number of hydrogen-bond donors (Lipinski definition) is 0. The molecule has 0 radical (unpaired) electrons. The standard InChI is InChI=1S/C20H31N3O3S/c1-17(2)20-22(19(24)16-21-12-7-4-8-13-21)14-9-15-23(20)27(25,26)18-10-5-3-6-11-18/h3,5-6,10-11,17,20H,4,7-9,12-16H2,1-2H3. The van der Waals surface area contributed by atoms with Crippen LogP contribution in [0.15, 0.2) is 35.2 Å². The first-order chi connectivity index (χ1) is 12.9. The Kier molecular flexibility index (Phi) is 6.55. The number of carbonyl (C=O) groups is 1. The maximum Gasteiger partial charge on any atom is 0.244 e. The molecule has 1 aromatic carbocycles. The molecule has 2 aliphatic rings. The van der Waals surface area contributed by atoms with Gasteiger partial charge in [-0.05, 0) is 50.4 Å². The number of rotatable bonds is 5. The molecule has 2 saturated heterocycles. The van der Waals surface area contributed by atoms with E-state index in [9.17, 15) is 13.2 Å². The molecule has 27 heavy (non-hydrogen) atoms. The Hall–Kier alpha value is -1.44. The number of piperidine rings is 1. The Bertz CT molecular complexity index is 730. The summed E-state index contributed by atoms with van der Waals surface area (Å²) in [5, 5.41) is 0. The molecule has 0 saturated carbocycles. The zero-order valence-corrected chi connectivity index (χ0v) is 17.2. The summed E-state index contributed by atoms with van der Waals surface area (Å²) in [5.41, 5.74) is 0. The second kappa shape index (κ2) is 8.71. The highest BCUT2D eigenvalue weighted by Gasteiger charge is 2.41. The Morgan fingerprint density at radius 2 is 1.67 bits per heavy atom. The van der Waals surface area contributed by atoms with Gasteiger partial charge in [-0.1, -0.05) is 38.5 Å². The largest absolute Gasteiger partial charge is 0.325 e. The summed E-state index contributed by atoms with van der Waals surface area (Å²) in [6.07, 6.45) is 3.74. The van der Waals surface area contributed by atoms with Crippen LogP contribution >= 0.6 is 0 Å². The van der Waals surface area contributed by atoms with Crippen LogP contribution in [0.25, 0.3) is 0 Å². The van der Waals surface area contributed by atoms with E-state index in [0.29, 0.717) is 31.0 Å². The molecule has 6 nitrogen and oxygen atoms in total. The predicted octanol–water partition coefficient (Wildman–Crippen LogP) is 2.38. The van der Waals surface area contributed by atoms with E-state index in [1.54, 1.807) is 29.2 Å². The van der Waals surface area contributed by atoms with Gasteiger partial charge in [0.1, 0.15) is 6.17 Å². The van der Waals surface area contributed by atoms with Crippen LogP contribution in [0.4, 0.5) is 0 Å². The first-order valence-corrected chi connectivity index (χ1v) is 11.4. The van der Waals surface area contributed by atoms with Crippen LogP contribution in [0.2, 0.25) is 0 Å². The van der Waals surface area contributed by atoms with Gasteiger partial charge >= 0.3 is 0 Å². The summed E-state index contributed by atoms with van der Waals surface area (Å²) < 4.78 is 28.0. The van der Waals surface area contributed by atoms with Crippen molar-refractivity contribution in [3.63, 3.8) is 0 Å². The summed E-state index contributed by atoms with van der Waals surface area (Å²) >= 11 is 0. The van der Waals surface area contributed by atoms with Gasteiger partial charge in [-0.2, -0.15) is 4.31 Å². The third-order valence-electron chi connectivity index (χ3n) is 5.47.